The summed E-state index contributed by atoms with van der Waals surface area (Å²) in [5.74, 6) is -0.0295. The van der Waals surface area contributed by atoms with Crippen molar-refractivity contribution in [3.8, 4) is 28.4 Å². The van der Waals surface area contributed by atoms with Gasteiger partial charge in [0.2, 0.25) is 5.76 Å². The molecule has 0 spiro atoms. The number of methoxy groups -OCH3 is 2. The van der Waals surface area contributed by atoms with Crippen molar-refractivity contribution in [3.63, 3.8) is 0 Å². The van der Waals surface area contributed by atoms with Crippen LogP contribution in [0.1, 0.15) is 26.6 Å². The molecule has 0 bridgehead atoms. The van der Waals surface area contributed by atoms with E-state index in [0.717, 1.165) is 9.86 Å². The molecule has 202 valence electrons. The number of hydrogen-bond acceptors (Lipinski definition) is 7. The predicted octanol–water partition coefficient (Wildman–Crippen LogP) is 6.84. The lowest BCUT2D eigenvalue weighted by Gasteiger charge is -2.09. The van der Waals surface area contributed by atoms with Gasteiger partial charge in [0.25, 0.3) is 5.91 Å². The molecule has 5 aromatic rings. The molecule has 2 aromatic heterocycles. The molecular formula is C29H21BrClN3O6. The number of hydrazone groups is 1. The molecule has 0 aliphatic rings. The molecule has 5 rings (SSSR count). The predicted molar refractivity (Wildman–Crippen MR) is 155 cm³/mol. The molecule has 0 saturated carbocycles. The van der Waals surface area contributed by atoms with Crippen LogP contribution in [0.25, 0.3) is 22.0 Å². The van der Waals surface area contributed by atoms with Gasteiger partial charge in [0.15, 0.2) is 11.5 Å². The summed E-state index contributed by atoms with van der Waals surface area (Å²) in [4.78, 5) is 28.8. The van der Waals surface area contributed by atoms with Gasteiger partial charge in [0.1, 0.15) is 11.4 Å². The third kappa shape index (κ3) is 5.31. The summed E-state index contributed by atoms with van der Waals surface area (Å²) in [6.45, 7) is 0. The normalized spacial score (nSPS) is 11.1. The van der Waals surface area contributed by atoms with Gasteiger partial charge in [0.05, 0.1) is 32.2 Å². The highest BCUT2D eigenvalue weighted by Gasteiger charge is 2.24. The van der Waals surface area contributed by atoms with Crippen molar-refractivity contribution >= 4 is 56.5 Å². The zero-order valence-corrected chi connectivity index (χ0v) is 23.5. The molecule has 2 N–H and O–H groups in total. The van der Waals surface area contributed by atoms with Gasteiger partial charge in [-0.3, -0.25) is 4.79 Å². The van der Waals surface area contributed by atoms with Crippen molar-refractivity contribution in [1.29, 1.82) is 0 Å². The number of esters is 1. The van der Waals surface area contributed by atoms with E-state index in [9.17, 15) is 9.59 Å². The highest BCUT2D eigenvalue weighted by Crippen LogP contribution is 2.43. The number of H-pyrrole nitrogens is 1. The Balaban J connectivity index is 1.42. The summed E-state index contributed by atoms with van der Waals surface area (Å²) in [6.07, 6.45) is 2.82. The van der Waals surface area contributed by atoms with Gasteiger partial charge >= 0.3 is 5.97 Å². The van der Waals surface area contributed by atoms with Crippen molar-refractivity contribution in [2.24, 2.45) is 5.10 Å². The van der Waals surface area contributed by atoms with Crippen molar-refractivity contribution in [2.75, 3.05) is 14.2 Å². The SMILES string of the molecule is COc1cc(C=NNC(=O)c2[nH]c3c(OC)ccc(Br)c3c2-c2ccccc2Cl)ccc1OC(=O)c1ccco1. The monoisotopic (exact) mass is 621 g/mol. The summed E-state index contributed by atoms with van der Waals surface area (Å²) >= 11 is 10.1. The van der Waals surface area contributed by atoms with E-state index < -0.39 is 11.9 Å². The summed E-state index contributed by atoms with van der Waals surface area (Å²) in [5, 5.41) is 5.34. The fourth-order valence-corrected chi connectivity index (χ4v) is 4.89. The van der Waals surface area contributed by atoms with Gasteiger partial charge in [-0.05, 0) is 54.1 Å². The second-order valence-corrected chi connectivity index (χ2v) is 9.59. The van der Waals surface area contributed by atoms with Crippen LogP contribution >= 0.6 is 27.5 Å². The number of carbonyl (C=O) groups is 2. The zero-order valence-electron chi connectivity index (χ0n) is 21.2. The standard InChI is InChI=1S/C29H21BrClN3O6/c1-37-21-12-10-18(30)25-24(17-6-3-4-7-19(17)31)27(33-26(21)25)28(35)34-32-15-16-9-11-20(23(14-16)38-2)40-29(36)22-8-5-13-39-22/h3-15,33H,1-2H3,(H,34,35). The number of nitrogens with zero attached hydrogens (tertiary/aromatic N) is 1. The Bertz CT molecular complexity index is 1750. The number of rotatable bonds is 8. The number of aromatic nitrogens is 1. The number of aromatic amines is 1. The lowest BCUT2D eigenvalue weighted by atomic mass is 10.0. The van der Waals surface area contributed by atoms with E-state index in [1.807, 2.05) is 24.3 Å². The molecule has 11 heteroatoms. The molecular weight excluding hydrogens is 602 g/mol. The molecule has 3 aromatic carbocycles. The highest BCUT2D eigenvalue weighted by molar-refractivity contribution is 9.10. The average molecular weight is 623 g/mol. The fourth-order valence-electron chi connectivity index (χ4n) is 4.13. The van der Waals surface area contributed by atoms with Crippen LogP contribution in [0.2, 0.25) is 5.02 Å². The van der Waals surface area contributed by atoms with Crippen molar-refractivity contribution in [3.05, 3.63) is 99.5 Å². The van der Waals surface area contributed by atoms with Crippen molar-refractivity contribution in [1.82, 2.24) is 10.4 Å². The quantitative estimate of drug-likeness (QED) is 0.0847. The van der Waals surface area contributed by atoms with E-state index in [2.05, 4.69) is 31.4 Å². The van der Waals surface area contributed by atoms with E-state index in [0.29, 0.717) is 38.7 Å². The van der Waals surface area contributed by atoms with E-state index in [4.69, 9.17) is 30.2 Å². The van der Waals surface area contributed by atoms with Gasteiger partial charge in [-0.15, -0.1) is 0 Å². The molecule has 0 unspecified atom stereocenters. The molecule has 1 amide bonds. The molecule has 0 atom stereocenters. The molecule has 0 aliphatic heterocycles. The van der Waals surface area contributed by atoms with E-state index in [-0.39, 0.29) is 17.2 Å². The maximum atomic E-state index is 13.4. The number of carbonyl (C=O) groups excluding carboxylic acids is 2. The number of furan rings is 1. The van der Waals surface area contributed by atoms with Crippen LogP contribution < -0.4 is 19.6 Å². The molecule has 9 nitrogen and oxygen atoms in total. The minimum Gasteiger partial charge on any atom is -0.495 e. The number of benzene rings is 3. The second-order valence-electron chi connectivity index (χ2n) is 8.33. The zero-order chi connectivity index (χ0) is 28.2. The first-order valence-electron chi connectivity index (χ1n) is 11.8. The van der Waals surface area contributed by atoms with Crippen LogP contribution in [0.15, 0.2) is 87.0 Å². The van der Waals surface area contributed by atoms with Gasteiger partial charge in [-0.25, -0.2) is 10.2 Å². The summed E-state index contributed by atoms with van der Waals surface area (Å²) < 4.78 is 22.1. The largest absolute Gasteiger partial charge is 0.495 e. The van der Waals surface area contributed by atoms with E-state index in [1.54, 1.807) is 43.5 Å². The van der Waals surface area contributed by atoms with Crippen LogP contribution in [-0.2, 0) is 0 Å². The van der Waals surface area contributed by atoms with Crippen LogP contribution in [0, 0.1) is 0 Å². The van der Waals surface area contributed by atoms with Gasteiger partial charge in [0, 0.05) is 26.0 Å². The maximum absolute atomic E-state index is 13.4. The minimum absolute atomic E-state index is 0.0631. The Labute approximate surface area is 241 Å². The molecule has 40 heavy (non-hydrogen) atoms. The molecule has 0 aliphatic carbocycles. The van der Waals surface area contributed by atoms with Gasteiger partial charge in [-0.2, -0.15) is 5.10 Å². The Kier molecular flexibility index (Phi) is 7.90. The van der Waals surface area contributed by atoms with Crippen molar-refractivity contribution in [2.45, 2.75) is 0 Å². The smallest absolute Gasteiger partial charge is 0.379 e. The van der Waals surface area contributed by atoms with Crippen molar-refractivity contribution < 1.29 is 28.2 Å². The van der Waals surface area contributed by atoms with Gasteiger partial charge < -0.3 is 23.6 Å². The number of amides is 1. The number of fused-ring (bicyclic) bond motifs is 1. The first-order valence-corrected chi connectivity index (χ1v) is 13.0. The summed E-state index contributed by atoms with van der Waals surface area (Å²) in [5.41, 5.74) is 5.30. The third-order valence-electron chi connectivity index (χ3n) is 5.95. The lowest BCUT2D eigenvalue weighted by Crippen LogP contribution is -2.19. The Morgan fingerprint density at radius 1 is 1.00 bits per heavy atom. The fraction of sp³-hybridized carbons (Fsp3) is 0.0690. The number of nitrogens with one attached hydrogen (secondary N) is 2. The van der Waals surface area contributed by atoms with Crippen LogP contribution in [-0.4, -0.2) is 37.3 Å². The topological polar surface area (TPSA) is 115 Å². The van der Waals surface area contributed by atoms with E-state index in [1.165, 1.54) is 25.7 Å². The van der Waals surface area contributed by atoms with E-state index >= 15 is 0 Å². The molecule has 0 fully saturated rings. The lowest BCUT2D eigenvalue weighted by molar-refractivity contribution is 0.0696. The number of halogens is 2. The first-order chi connectivity index (χ1) is 19.4. The molecule has 0 saturated heterocycles. The maximum Gasteiger partial charge on any atom is 0.379 e. The first kappa shape index (κ1) is 27.0. The Morgan fingerprint density at radius 2 is 1.77 bits per heavy atom. The molecule has 2 heterocycles. The summed E-state index contributed by atoms with van der Waals surface area (Å²) in [6, 6.07) is 18.8. The van der Waals surface area contributed by atoms with Gasteiger partial charge in [-0.1, -0.05) is 45.7 Å². The Morgan fingerprint density at radius 3 is 2.50 bits per heavy atom. The second kappa shape index (κ2) is 11.7. The van der Waals surface area contributed by atoms with Crippen LogP contribution in [0.5, 0.6) is 17.2 Å². The minimum atomic E-state index is -0.659. The van der Waals surface area contributed by atoms with Crippen LogP contribution in [0.4, 0.5) is 0 Å². The number of ether oxygens (including phenoxy) is 3. The average Bonchev–Trinajstić information content (AvgIpc) is 3.64. The molecule has 0 radical (unpaired) electrons. The summed E-state index contributed by atoms with van der Waals surface area (Å²) in [7, 11) is 3.00. The van der Waals surface area contributed by atoms with Crippen LogP contribution in [0.3, 0.4) is 0 Å². The Hall–Kier alpha value is -4.54. The highest BCUT2D eigenvalue weighted by atomic mass is 79.9. The number of hydrogen-bond donors (Lipinski definition) is 2. The third-order valence-corrected chi connectivity index (χ3v) is 6.94.